The second kappa shape index (κ2) is 9.36. The minimum absolute atomic E-state index is 0.0503. The highest BCUT2D eigenvalue weighted by molar-refractivity contribution is 5.53. The van der Waals surface area contributed by atoms with E-state index in [9.17, 15) is 25.5 Å². The van der Waals surface area contributed by atoms with E-state index in [-0.39, 0.29) is 40.8 Å². The Morgan fingerprint density at radius 3 is 2.11 bits per heavy atom. The van der Waals surface area contributed by atoms with Crippen molar-refractivity contribution >= 4 is 0 Å². The molecule has 7 heteroatoms. The average molecular weight is 487 g/mol. The number of phenols is 5. The fraction of sp³-hybridized carbons (Fsp3) is 0.172. The predicted octanol–water partition coefficient (Wildman–Crippen LogP) is 5.41. The molecule has 0 amide bonds. The molecule has 5 N–H and O–H groups in total. The van der Waals surface area contributed by atoms with E-state index in [1.807, 2.05) is 18.2 Å². The molecule has 4 aromatic carbocycles. The fourth-order valence-electron chi connectivity index (χ4n) is 4.81. The maximum absolute atomic E-state index is 10.2. The summed E-state index contributed by atoms with van der Waals surface area (Å²) in [5.41, 5.74) is 4.10. The average Bonchev–Trinajstić information content (AvgIpc) is 3.23. The van der Waals surface area contributed by atoms with Crippen LogP contribution in [0.2, 0.25) is 0 Å². The van der Waals surface area contributed by atoms with Crippen LogP contribution < -0.4 is 4.74 Å². The topological polar surface area (TPSA) is 120 Å². The Labute approximate surface area is 208 Å². The maximum Gasteiger partial charge on any atom is 0.157 e. The molecule has 1 aliphatic rings. The molecule has 184 valence electrons. The molecule has 1 aliphatic heterocycles. The molecule has 0 spiro atoms. The first-order valence-electron chi connectivity index (χ1n) is 11.5. The number of hydrogen-bond donors (Lipinski definition) is 5. The van der Waals surface area contributed by atoms with Gasteiger partial charge in [-0.3, -0.25) is 0 Å². The van der Waals surface area contributed by atoms with Crippen LogP contribution in [0.15, 0.2) is 78.9 Å². The molecule has 5 rings (SSSR count). The third-order valence-electron chi connectivity index (χ3n) is 6.55. The van der Waals surface area contributed by atoms with Crippen LogP contribution >= 0.6 is 0 Å². The van der Waals surface area contributed by atoms with Crippen LogP contribution in [0, 0.1) is 0 Å². The number of phenolic OH excluding ortho intramolecular Hbond substituents is 5. The molecule has 1 heterocycles. The lowest BCUT2D eigenvalue weighted by molar-refractivity contribution is 0.103. The number of aromatic hydroxyl groups is 5. The van der Waals surface area contributed by atoms with Crippen molar-refractivity contribution in [3.8, 4) is 34.5 Å². The first kappa shape index (κ1) is 23.4. The van der Waals surface area contributed by atoms with Crippen molar-refractivity contribution in [1.29, 1.82) is 0 Å². The summed E-state index contributed by atoms with van der Waals surface area (Å²) in [5, 5.41) is 49.7. The Hall–Kier alpha value is -4.36. The Morgan fingerprint density at radius 1 is 0.722 bits per heavy atom. The zero-order valence-electron chi connectivity index (χ0n) is 19.5. The van der Waals surface area contributed by atoms with E-state index in [1.165, 1.54) is 18.2 Å². The molecule has 0 aliphatic carbocycles. The molecule has 7 nitrogen and oxygen atoms in total. The van der Waals surface area contributed by atoms with E-state index in [2.05, 4.69) is 0 Å². The van der Waals surface area contributed by atoms with Gasteiger partial charge in [0.15, 0.2) is 11.5 Å². The second-order valence-electron chi connectivity index (χ2n) is 8.94. The summed E-state index contributed by atoms with van der Waals surface area (Å²) < 4.78 is 12.0. The largest absolute Gasteiger partial charge is 0.508 e. The summed E-state index contributed by atoms with van der Waals surface area (Å²) in [4.78, 5) is 0. The SMILES string of the molecule is COC(Cc1ccc2c(c1)C(c1cc(O)cc(O)c1)C(c1ccc(O)cc1)O2)c1ccc(O)c(O)c1. The van der Waals surface area contributed by atoms with Gasteiger partial charge in [0.25, 0.3) is 0 Å². The van der Waals surface area contributed by atoms with Crippen molar-refractivity contribution < 1.29 is 35.0 Å². The minimum Gasteiger partial charge on any atom is -0.508 e. The van der Waals surface area contributed by atoms with Crippen LogP contribution in [-0.4, -0.2) is 32.6 Å². The number of ether oxygens (including phenoxy) is 2. The molecular weight excluding hydrogens is 460 g/mol. The Morgan fingerprint density at radius 2 is 1.44 bits per heavy atom. The number of hydrogen-bond acceptors (Lipinski definition) is 7. The van der Waals surface area contributed by atoms with E-state index in [4.69, 9.17) is 9.47 Å². The number of methoxy groups -OCH3 is 1. The van der Waals surface area contributed by atoms with Gasteiger partial charge in [-0.2, -0.15) is 0 Å². The Balaban J connectivity index is 1.54. The quantitative estimate of drug-likeness (QED) is 0.231. The second-order valence-corrected chi connectivity index (χ2v) is 8.94. The number of benzene rings is 4. The van der Waals surface area contributed by atoms with Gasteiger partial charge >= 0.3 is 0 Å². The molecule has 0 saturated heterocycles. The summed E-state index contributed by atoms with van der Waals surface area (Å²) in [6.07, 6.45) is -0.312. The van der Waals surface area contributed by atoms with Gasteiger partial charge in [0, 0.05) is 25.2 Å². The lowest BCUT2D eigenvalue weighted by atomic mass is 9.84. The summed E-state index contributed by atoms with van der Waals surface area (Å²) >= 11 is 0. The molecule has 0 saturated carbocycles. The number of rotatable bonds is 6. The van der Waals surface area contributed by atoms with Gasteiger partial charge in [-0.05, 0) is 64.7 Å². The van der Waals surface area contributed by atoms with Gasteiger partial charge in [-0.1, -0.05) is 30.3 Å². The van der Waals surface area contributed by atoms with E-state index < -0.39 is 6.10 Å². The monoisotopic (exact) mass is 486 g/mol. The van der Waals surface area contributed by atoms with E-state index in [0.717, 1.165) is 22.3 Å². The molecule has 3 unspecified atom stereocenters. The zero-order valence-corrected chi connectivity index (χ0v) is 19.5. The van der Waals surface area contributed by atoms with Crippen LogP contribution in [0.1, 0.15) is 45.9 Å². The van der Waals surface area contributed by atoms with Gasteiger partial charge in [-0.15, -0.1) is 0 Å². The first-order chi connectivity index (χ1) is 17.3. The zero-order chi connectivity index (χ0) is 25.4. The lowest BCUT2D eigenvalue weighted by Crippen LogP contribution is -2.11. The molecule has 36 heavy (non-hydrogen) atoms. The molecule has 0 radical (unpaired) electrons. The lowest BCUT2D eigenvalue weighted by Gasteiger charge is -2.21. The van der Waals surface area contributed by atoms with E-state index in [1.54, 1.807) is 49.6 Å². The van der Waals surface area contributed by atoms with Crippen molar-refractivity contribution in [1.82, 2.24) is 0 Å². The third-order valence-corrected chi connectivity index (χ3v) is 6.55. The molecule has 4 aromatic rings. The van der Waals surface area contributed by atoms with Crippen molar-refractivity contribution in [3.63, 3.8) is 0 Å². The van der Waals surface area contributed by atoms with E-state index in [0.29, 0.717) is 17.7 Å². The van der Waals surface area contributed by atoms with Crippen molar-refractivity contribution in [2.45, 2.75) is 24.5 Å². The molecule has 3 atom stereocenters. The maximum atomic E-state index is 10.2. The minimum atomic E-state index is -0.440. The summed E-state index contributed by atoms with van der Waals surface area (Å²) in [5.74, 6) is -0.00877. The molecule has 0 aromatic heterocycles. The third kappa shape index (κ3) is 4.48. The van der Waals surface area contributed by atoms with Gasteiger partial charge in [-0.25, -0.2) is 0 Å². The van der Waals surface area contributed by atoms with Crippen LogP contribution in [0.4, 0.5) is 0 Å². The number of fused-ring (bicyclic) bond motifs is 1. The highest BCUT2D eigenvalue weighted by Gasteiger charge is 2.37. The Kier molecular flexibility index (Phi) is 6.08. The Bertz CT molecular complexity index is 1380. The van der Waals surface area contributed by atoms with Crippen LogP contribution in [0.5, 0.6) is 34.5 Å². The smallest absolute Gasteiger partial charge is 0.157 e. The summed E-state index contributed by atoms with van der Waals surface area (Å²) in [7, 11) is 1.59. The fourth-order valence-corrected chi connectivity index (χ4v) is 4.81. The summed E-state index contributed by atoms with van der Waals surface area (Å²) in [6, 6.07) is 21.8. The van der Waals surface area contributed by atoms with Crippen LogP contribution in [-0.2, 0) is 11.2 Å². The molecule has 0 fully saturated rings. The van der Waals surface area contributed by atoms with Gasteiger partial charge in [0.1, 0.15) is 29.1 Å². The van der Waals surface area contributed by atoms with Crippen molar-refractivity contribution in [3.05, 3.63) is 107 Å². The van der Waals surface area contributed by atoms with Crippen LogP contribution in [0.25, 0.3) is 0 Å². The van der Waals surface area contributed by atoms with Crippen molar-refractivity contribution in [2.75, 3.05) is 7.11 Å². The van der Waals surface area contributed by atoms with Gasteiger partial charge in [0.05, 0.1) is 12.0 Å². The predicted molar refractivity (Wildman–Crippen MR) is 133 cm³/mol. The first-order valence-corrected chi connectivity index (χ1v) is 11.5. The van der Waals surface area contributed by atoms with Crippen molar-refractivity contribution in [2.24, 2.45) is 0 Å². The highest BCUT2D eigenvalue weighted by atomic mass is 16.5. The molecular formula is C29H26O7. The van der Waals surface area contributed by atoms with Gasteiger partial charge < -0.3 is 35.0 Å². The summed E-state index contributed by atoms with van der Waals surface area (Å²) in [6.45, 7) is 0. The van der Waals surface area contributed by atoms with E-state index >= 15 is 0 Å². The standard InChI is InChI=1S/C29H26O7/c1-35-27(18-5-8-24(33)25(34)14-18)11-16-2-9-26-23(10-16)28(19-12-21(31)15-22(32)13-19)29(36-26)17-3-6-20(30)7-4-17/h2-10,12-15,27-34H,11H2,1H3. The normalized spacial score (nSPS) is 17.4. The molecule has 0 bridgehead atoms. The van der Waals surface area contributed by atoms with Gasteiger partial charge in [0.2, 0.25) is 0 Å². The van der Waals surface area contributed by atoms with Crippen LogP contribution in [0.3, 0.4) is 0 Å². The highest BCUT2D eigenvalue weighted by Crippen LogP contribution is 2.51.